The van der Waals surface area contributed by atoms with E-state index in [4.69, 9.17) is 9.47 Å². The standard InChI is InChI=1S/C14H28O4/c1-9(2)12(15)7-13(16)11(5)14(10(3)4)18-8-17-6/h9-11,13-14,16H,7-8H2,1-6H3/t11-,13+,14+/m0/s1. The number of aliphatic hydroxyl groups is 1. The van der Waals surface area contributed by atoms with E-state index in [1.165, 1.54) is 0 Å². The fourth-order valence-electron chi connectivity index (χ4n) is 1.94. The zero-order chi connectivity index (χ0) is 14.3. The van der Waals surface area contributed by atoms with Crippen LogP contribution in [0, 0.1) is 17.8 Å². The molecule has 0 heterocycles. The molecule has 0 unspecified atom stereocenters. The largest absolute Gasteiger partial charge is 0.392 e. The van der Waals surface area contributed by atoms with Crippen molar-refractivity contribution in [3.63, 3.8) is 0 Å². The van der Waals surface area contributed by atoms with E-state index in [-0.39, 0.29) is 42.9 Å². The number of hydrogen-bond acceptors (Lipinski definition) is 4. The quantitative estimate of drug-likeness (QED) is 0.646. The predicted molar refractivity (Wildman–Crippen MR) is 71.2 cm³/mol. The van der Waals surface area contributed by atoms with Gasteiger partial charge < -0.3 is 14.6 Å². The first-order valence-electron chi connectivity index (χ1n) is 6.62. The van der Waals surface area contributed by atoms with Crippen LogP contribution in [0.25, 0.3) is 0 Å². The lowest BCUT2D eigenvalue weighted by Gasteiger charge is -2.30. The average molecular weight is 260 g/mol. The molecular weight excluding hydrogens is 232 g/mol. The summed E-state index contributed by atoms with van der Waals surface area (Å²) in [5.74, 6) is 0.217. The highest BCUT2D eigenvalue weighted by Gasteiger charge is 2.29. The molecule has 0 aliphatic rings. The molecule has 0 aliphatic carbocycles. The van der Waals surface area contributed by atoms with Crippen LogP contribution in [0.4, 0.5) is 0 Å². The molecule has 0 saturated heterocycles. The smallest absolute Gasteiger partial charge is 0.146 e. The highest BCUT2D eigenvalue weighted by molar-refractivity contribution is 5.80. The summed E-state index contributed by atoms with van der Waals surface area (Å²) in [6.07, 6.45) is -0.581. The fourth-order valence-corrected chi connectivity index (χ4v) is 1.94. The van der Waals surface area contributed by atoms with E-state index in [0.717, 1.165) is 0 Å². The summed E-state index contributed by atoms with van der Waals surface area (Å²) in [7, 11) is 1.57. The van der Waals surface area contributed by atoms with Crippen molar-refractivity contribution in [2.45, 2.75) is 53.2 Å². The maximum absolute atomic E-state index is 11.6. The summed E-state index contributed by atoms with van der Waals surface area (Å²) in [4.78, 5) is 11.6. The normalized spacial score (nSPS) is 16.9. The summed E-state index contributed by atoms with van der Waals surface area (Å²) in [6, 6.07) is 0. The van der Waals surface area contributed by atoms with E-state index in [2.05, 4.69) is 0 Å². The van der Waals surface area contributed by atoms with Crippen LogP contribution >= 0.6 is 0 Å². The van der Waals surface area contributed by atoms with Gasteiger partial charge in [0.15, 0.2) is 0 Å². The number of aliphatic hydroxyl groups excluding tert-OH is 1. The molecule has 0 bridgehead atoms. The van der Waals surface area contributed by atoms with E-state index in [1.54, 1.807) is 7.11 Å². The van der Waals surface area contributed by atoms with Crippen LogP contribution in [0.3, 0.4) is 0 Å². The van der Waals surface area contributed by atoms with E-state index in [9.17, 15) is 9.90 Å². The Morgan fingerprint density at radius 3 is 2.11 bits per heavy atom. The molecule has 1 N–H and O–H groups in total. The Bertz CT molecular complexity index is 238. The van der Waals surface area contributed by atoms with Gasteiger partial charge in [0.05, 0.1) is 12.2 Å². The Hall–Kier alpha value is -0.450. The van der Waals surface area contributed by atoms with Gasteiger partial charge in [-0.15, -0.1) is 0 Å². The summed E-state index contributed by atoms with van der Waals surface area (Å²) < 4.78 is 10.5. The summed E-state index contributed by atoms with van der Waals surface area (Å²) in [6.45, 7) is 9.89. The lowest BCUT2D eigenvalue weighted by Crippen LogP contribution is -2.37. The van der Waals surface area contributed by atoms with E-state index >= 15 is 0 Å². The Labute approximate surface area is 111 Å². The van der Waals surface area contributed by atoms with Crippen LogP contribution in [-0.4, -0.2) is 37.0 Å². The van der Waals surface area contributed by atoms with Crippen LogP contribution in [-0.2, 0) is 14.3 Å². The van der Waals surface area contributed by atoms with Crippen LogP contribution < -0.4 is 0 Å². The van der Waals surface area contributed by atoms with Crippen molar-refractivity contribution >= 4 is 5.78 Å². The molecule has 0 aromatic carbocycles. The molecule has 0 aromatic heterocycles. The highest BCUT2D eigenvalue weighted by Crippen LogP contribution is 2.22. The summed E-state index contributed by atoms with van der Waals surface area (Å²) in [5, 5.41) is 10.1. The molecule has 0 rings (SSSR count). The Kier molecular flexibility index (Phi) is 8.40. The number of Topliss-reactive ketones (excluding diaryl/α,β-unsaturated/α-hetero) is 1. The third-order valence-corrected chi connectivity index (χ3v) is 3.21. The number of carbonyl (C=O) groups is 1. The average Bonchev–Trinajstić information content (AvgIpc) is 2.28. The van der Waals surface area contributed by atoms with Crippen molar-refractivity contribution in [1.29, 1.82) is 0 Å². The van der Waals surface area contributed by atoms with Gasteiger partial charge in [0.2, 0.25) is 0 Å². The minimum absolute atomic E-state index is 0.0377. The first-order chi connectivity index (χ1) is 8.31. The molecule has 3 atom stereocenters. The lowest BCUT2D eigenvalue weighted by molar-refractivity contribution is -0.133. The highest BCUT2D eigenvalue weighted by atomic mass is 16.7. The second-order valence-electron chi connectivity index (χ2n) is 5.53. The van der Waals surface area contributed by atoms with E-state index in [0.29, 0.717) is 0 Å². The van der Waals surface area contributed by atoms with Crippen LogP contribution in [0.15, 0.2) is 0 Å². The molecule has 0 aliphatic heterocycles. The molecule has 0 fully saturated rings. The van der Waals surface area contributed by atoms with Crippen molar-refractivity contribution in [2.24, 2.45) is 17.8 Å². The first-order valence-corrected chi connectivity index (χ1v) is 6.62. The minimum atomic E-state index is -0.663. The van der Waals surface area contributed by atoms with Crippen LogP contribution in [0.1, 0.15) is 41.0 Å². The number of methoxy groups -OCH3 is 1. The Balaban J connectivity index is 4.45. The summed E-state index contributed by atoms with van der Waals surface area (Å²) >= 11 is 0. The van der Waals surface area contributed by atoms with Crippen LogP contribution in [0.2, 0.25) is 0 Å². The van der Waals surface area contributed by atoms with Gasteiger partial charge in [-0.1, -0.05) is 34.6 Å². The zero-order valence-corrected chi connectivity index (χ0v) is 12.5. The maximum Gasteiger partial charge on any atom is 0.146 e. The third kappa shape index (κ3) is 5.94. The molecular formula is C14H28O4. The van der Waals surface area contributed by atoms with Crippen molar-refractivity contribution < 1.29 is 19.4 Å². The Morgan fingerprint density at radius 2 is 1.72 bits per heavy atom. The van der Waals surface area contributed by atoms with Gasteiger partial charge in [-0.3, -0.25) is 4.79 Å². The molecule has 18 heavy (non-hydrogen) atoms. The molecule has 0 spiro atoms. The lowest BCUT2D eigenvalue weighted by atomic mass is 9.87. The van der Waals surface area contributed by atoms with Crippen LogP contribution in [0.5, 0.6) is 0 Å². The predicted octanol–water partition coefficient (Wildman–Crippen LogP) is 2.24. The van der Waals surface area contributed by atoms with Crippen molar-refractivity contribution in [1.82, 2.24) is 0 Å². The fraction of sp³-hybridized carbons (Fsp3) is 0.929. The van der Waals surface area contributed by atoms with Gasteiger partial charge in [0, 0.05) is 25.4 Å². The second-order valence-corrected chi connectivity index (χ2v) is 5.53. The zero-order valence-electron chi connectivity index (χ0n) is 12.5. The third-order valence-electron chi connectivity index (χ3n) is 3.21. The maximum atomic E-state index is 11.6. The molecule has 4 nitrogen and oxygen atoms in total. The number of ether oxygens (including phenoxy) is 2. The number of carbonyl (C=O) groups excluding carboxylic acids is 1. The topological polar surface area (TPSA) is 55.8 Å². The number of ketones is 1. The van der Waals surface area contributed by atoms with Gasteiger partial charge >= 0.3 is 0 Å². The van der Waals surface area contributed by atoms with Gasteiger partial charge in [0.1, 0.15) is 12.6 Å². The van der Waals surface area contributed by atoms with Crippen molar-refractivity contribution in [3.05, 3.63) is 0 Å². The van der Waals surface area contributed by atoms with Crippen molar-refractivity contribution in [2.75, 3.05) is 13.9 Å². The molecule has 0 radical (unpaired) electrons. The number of rotatable bonds is 9. The monoisotopic (exact) mass is 260 g/mol. The van der Waals surface area contributed by atoms with Gasteiger partial charge in [-0.05, 0) is 5.92 Å². The molecule has 0 aromatic rings. The second kappa shape index (κ2) is 8.62. The van der Waals surface area contributed by atoms with Crippen molar-refractivity contribution in [3.8, 4) is 0 Å². The van der Waals surface area contributed by atoms with E-state index in [1.807, 2.05) is 34.6 Å². The minimum Gasteiger partial charge on any atom is -0.392 e. The summed E-state index contributed by atoms with van der Waals surface area (Å²) in [5.41, 5.74) is 0. The van der Waals surface area contributed by atoms with Gasteiger partial charge in [-0.25, -0.2) is 0 Å². The molecule has 4 heteroatoms. The molecule has 0 saturated carbocycles. The SMILES string of the molecule is COCO[C@H](C(C)C)[C@@H](C)[C@H](O)CC(=O)C(C)C. The molecule has 0 amide bonds. The van der Waals surface area contributed by atoms with Gasteiger partial charge in [0.25, 0.3) is 0 Å². The van der Waals surface area contributed by atoms with Gasteiger partial charge in [-0.2, -0.15) is 0 Å². The first kappa shape index (κ1) is 17.6. The van der Waals surface area contributed by atoms with E-state index < -0.39 is 6.10 Å². The molecule has 108 valence electrons. The Morgan fingerprint density at radius 1 is 1.17 bits per heavy atom. The number of hydrogen-bond donors (Lipinski definition) is 1.